The number of benzene rings is 1. The summed E-state index contributed by atoms with van der Waals surface area (Å²) in [5, 5.41) is 11.9. The first-order valence-corrected chi connectivity index (χ1v) is 7.14. The van der Waals surface area contributed by atoms with Crippen molar-refractivity contribution in [2.24, 2.45) is 5.92 Å². The number of nitrogens with one attached hydrogen (secondary N) is 1. The lowest BCUT2D eigenvalue weighted by Crippen LogP contribution is -2.23. The van der Waals surface area contributed by atoms with Gasteiger partial charge in [-0.25, -0.2) is 4.79 Å². The Kier molecular flexibility index (Phi) is 6.22. The van der Waals surface area contributed by atoms with Gasteiger partial charge in [0, 0.05) is 11.6 Å². The Balaban J connectivity index is 2.87. The van der Waals surface area contributed by atoms with Crippen LogP contribution in [0.3, 0.4) is 0 Å². The topological polar surface area (TPSA) is 66.4 Å². The first kappa shape index (κ1) is 16.2. The van der Waals surface area contributed by atoms with Crippen molar-refractivity contribution in [3.05, 3.63) is 29.3 Å². The lowest BCUT2D eigenvalue weighted by atomic mass is 9.97. The van der Waals surface area contributed by atoms with Gasteiger partial charge in [0.25, 0.3) is 0 Å². The van der Waals surface area contributed by atoms with Crippen LogP contribution in [0.1, 0.15) is 55.5 Å². The van der Waals surface area contributed by atoms with E-state index in [0.29, 0.717) is 5.69 Å². The van der Waals surface area contributed by atoms with Gasteiger partial charge >= 0.3 is 5.97 Å². The molecule has 0 fully saturated rings. The van der Waals surface area contributed by atoms with E-state index in [2.05, 4.69) is 19.2 Å². The van der Waals surface area contributed by atoms with Gasteiger partial charge in [-0.3, -0.25) is 4.79 Å². The number of carboxylic acid groups (broad SMARTS) is 1. The normalized spacial score (nSPS) is 10.6. The lowest BCUT2D eigenvalue weighted by molar-refractivity contribution is -0.120. The van der Waals surface area contributed by atoms with E-state index in [1.54, 1.807) is 12.1 Å². The van der Waals surface area contributed by atoms with Gasteiger partial charge in [0.2, 0.25) is 5.91 Å². The fourth-order valence-corrected chi connectivity index (χ4v) is 2.23. The van der Waals surface area contributed by atoms with Crippen molar-refractivity contribution in [3.8, 4) is 0 Å². The van der Waals surface area contributed by atoms with Crippen LogP contribution in [-0.2, 0) is 4.79 Å². The van der Waals surface area contributed by atoms with Crippen LogP contribution in [0.25, 0.3) is 0 Å². The number of anilines is 1. The number of rotatable bonds is 7. The Hall–Kier alpha value is -1.84. The van der Waals surface area contributed by atoms with Gasteiger partial charge in [-0.05, 0) is 37.5 Å². The van der Waals surface area contributed by atoms with E-state index in [1.165, 1.54) is 6.07 Å². The Bertz CT molecular complexity index is 477. The van der Waals surface area contributed by atoms with Crippen LogP contribution >= 0.6 is 0 Å². The highest BCUT2D eigenvalue weighted by Crippen LogP contribution is 2.21. The predicted molar refractivity (Wildman–Crippen MR) is 80.1 cm³/mol. The summed E-state index contributed by atoms with van der Waals surface area (Å²) in [7, 11) is 0. The van der Waals surface area contributed by atoms with E-state index in [0.717, 1.165) is 31.2 Å². The van der Waals surface area contributed by atoms with Crippen molar-refractivity contribution in [1.29, 1.82) is 0 Å². The minimum Gasteiger partial charge on any atom is -0.478 e. The van der Waals surface area contributed by atoms with Crippen LogP contribution in [-0.4, -0.2) is 17.0 Å². The van der Waals surface area contributed by atoms with Gasteiger partial charge in [0.1, 0.15) is 0 Å². The van der Waals surface area contributed by atoms with Gasteiger partial charge in [0.05, 0.1) is 5.56 Å². The van der Waals surface area contributed by atoms with Crippen molar-refractivity contribution >= 4 is 17.6 Å². The molecule has 0 saturated heterocycles. The summed E-state index contributed by atoms with van der Waals surface area (Å²) in [5.74, 6) is -1.00. The first-order chi connectivity index (χ1) is 9.49. The molecule has 0 radical (unpaired) electrons. The number of aromatic carboxylic acids is 1. The Labute approximate surface area is 120 Å². The van der Waals surface area contributed by atoms with E-state index in [9.17, 15) is 9.59 Å². The molecule has 0 unspecified atom stereocenters. The second-order valence-corrected chi connectivity index (χ2v) is 5.10. The van der Waals surface area contributed by atoms with Crippen molar-refractivity contribution in [1.82, 2.24) is 0 Å². The zero-order chi connectivity index (χ0) is 15.1. The standard InChI is InChI=1S/C16H23NO3/c1-4-6-12(7-5-2)15(18)17-14-10-13(16(19)20)9-8-11(14)3/h8-10,12H,4-7H2,1-3H3,(H,17,18)(H,19,20). The van der Waals surface area contributed by atoms with Crippen LogP contribution in [0, 0.1) is 12.8 Å². The fraction of sp³-hybridized carbons (Fsp3) is 0.500. The molecular formula is C16H23NO3. The smallest absolute Gasteiger partial charge is 0.335 e. The molecular weight excluding hydrogens is 254 g/mol. The molecule has 0 aliphatic carbocycles. The number of amides is 1. The summed E-state index contributed by atoms with van der Waals surface area (Å²) in [6.45, 7) is 5.98. The van der Waals surface area contributed by atoms with Crippen LogP contribution in [0.2, 0.25) is 0 Å². The highest BCUT2D eigenvalue weighted by atomic mass is 16.4. The summed E-state index contributed by atoms with van der Waals surface area (Å²) < 4.78 is 0. The Morgan fingerprint density at radius 2 is 1.80 bits per heavy atom. The van der Waals surface area contributed by atoms with Crippen LogP contribution in [0.5, 0.6) is 0 Å². The maximum absolute atomic E-state index is 12.3. The van der Waals surface area contributed by atoms with E-state index in [4.69, 9.17) is 5.11 Å². The zero-order valence-electron chi connectivity index (χ0n) is 12.4. The molecule has 0 saturated carbocycles. The highest BCUT2D eigenvalue weighted by molar-refractivity contribution is 5.95. The van der Waals surface area contributed by atoms with Crippen molar-refractivity contribution in [2.75, 3.05) is 5.32 Å². The SMILES string of the molecule is CCCC(CCC)C(=O)Nc1cc(C(=O)O)ccc1C. The molecule has 1 aromatic rings. The lowest BCUT2D eigenvalue weighted by Gasteiger charge is -2.16. The molecule has 0 atom stereocenters. The second-order valence-electron chi connectivity index (χ2n) is 5.10. The average molecular weight is 277 g/mol. The van der Waals surface area contributed by atoms with Crippen LogP contribution in [0.4, 0.5) is 5.69 Å². The molecule has 2 N–H and O–H groups in total. The van der Waals surface area contributed by atoms with E-state index >= 15 is 0 Å². The summed E-state index contributed by atoms with van der Waals surface area (Å²) in [6.07, 6.45) is 3.65. The molecule has 0 heterocycles. The summed E-state index contributed by atoms with van der Waals surface area (Å²) >= 11 is 0. The van der Waals surface area contributed by atoms with E-state index in [1.807, 2.05) is 6.92 Å². The minimum absolute atomic E-state index is 0.00196. The summed E-state index contributed by atoms with van der Waals surface area (Å²) in [4.78, 5) is 23.2. The highest BCUT2D eigenvalue weighted by Gasteiger charge is 2.17. The molecule has 0 aliphatic heterocycles. The molecule has 0 aliphatic rings. The average Bonchev–Trinajstić information content (AvgIpc) is 2.40. The van der Waals surface area contributed by atoms with E-state index < -0.39 is 5.97 Å². The molecule has 4 heteroatoms. The number of carbonyl (C=O) groups is 2. The first-order valence-electron chi connectivity index (χ1n) is 7.14. The number of aryl methyl sites for hydroxylation is 1. The number of carboxylic acids is 1. The Morgan fingerprint density at radius 3 is 2.30 bits per heavy atom. The third-order valence-electron chi connectivity index (χ3n) is 3.39. The zero-order valence-corrected chi connectivity index (χ0v) is 12.4. The number of hydrogen-bond donors (Lipinski definition) is 2. The number of carbonyl (C=O) groups excluding carboxylic acids is 1. The molecule has 20 heavy (non-hydrogen) atoms. The van der Waals surface area contributed by atoms with Crippen molar-refractivity contribution in [3.63, 3.8) is 0 Å². The van der Waals surface area contributed by atoms with Gasteiger partial charge in [-0.15, -0.1) is 0 Å². The van der Waals surface area contributed by atoms with Crippen LogP contribution in [0.15, 0.2) is 18.2 Å². The molecule has 1 aromatic carbocycles. The van der Waals surface area contributed by atoms with Gasteiger partial charge in [-0.1, -0.05) is 32.8 Å². The number of hydrogen-bond acceptors (Lipinski definition) is 2. The van der Waals surface area contributed by atoms with Gasteiger partial charge in [-0.2, -0.15) is 0 Å². The monoisotopic (exact) mass is 277 g/mol. The fourth-order valence-electron chi connectivity index (χ4n) is 2.23. The third kappa shape index (κ3) is 4.37. The van der Waals surface area contributed by atoms with Crippen LogP contribution < -0.4 is 5.32 Å². The second kappa shape index (κ2) is 7.68. The maximum Gasteiger partial charge on any atom is 0.335 e. The van der Waals surface area contributed by atoms with Gasteiger partial charge in [0.15, 0.2) is 0 Å². The molecule has 0 bridgehead atoms. The summed E-state index contributed by atoms with van der Waals surface area (Å²) in [6, 6.07) is 4.78. The van der Waals surface area contributed by atoms with Gasteiger partial charge < -0.3 is 10.4 Å². The van der Waals surface area contributed by atoms with Crippen molar-refractivity contribution in [2.45, 2.75) is 46.5 Å². The predicted octanol–water partition coefficient (Wildman–Crippen LogP) is 3.85. The molecule has 0 aromatic heterocycles. The molecule has 1 rings (SSSR count). The molecule has 1 amide bonds. The Morgan fingerprint density at radius 1 is 1.20 bits per heavy atom. The third-order valence-corrected chi connectivity index (χ3v) is 3.39. The van der Waals surface area contributed by atoms with E-state index in [-0.39, 0.29) is 17.4 Å². The molecule has 0 spiro atoms. The minimum atomic E-state index is -0.987. The van der Waals surface area contributed by atoms with Crippen molar-refractivity contribution < 1.29 is 14.7 Å². The molecule has 110 valence electrons. The summed E-state index contributed by atoms with van der Waals surface area (Å²) in [5.41, 5.74) is 1.65. The maximum atomic E-state index is 12.3. The molecule has 4 nitrogen and oxygen atoms in total. The quantitative estimate of drug-likeness (QED) is 0.795. The largest absolute Gasteiger partial charge is 0.478 e.